The summed E-state index contributed by atoms with van der Waals surface area (Å²) in [5.74, 6) is 0.000404. The van der Waals surface area contributed by atoms with Crippen LogP contribution in [0.3, 0.4) is 0 Å². The molecule has 1 N–H and O–H groups in total. The van der Waals surface area contributed by atoms with E-state index in [-0.39, 0.29) is 17.7 Å². The molecule has 31 heavy (non-hydrogen) atoms. The third-order valence-electron chi connectivity index (χ3n) is 5.90. The molecule has 1 amide bonds. The zero-order valence-corrected chi connectivity index (χ0v) is 17.9. The second-order valence-corrected chi connectivity index (χ2v) is 8.23. The molecule has 3 aromatic rings. The molecule has 1 aliphatic heterocycles. The van der Waals surface area contributed by atoms with E-state index in [9.17, 15) is 9.59 Å². The van der Waals surface area contributed by atoms with E-state index in [0.717, 1.165) is 43.6 Å². The Morgan fingerprint density at radius 1 is 0.839 bits per heavy atom. The Balaban J connectivity index is 1.36. The van der Waals surface area contributed by atoms with E-state index in [2.05, 4.69) is 34.5 Å². The van der Waals surface area contributed by atoms with Gasteiger partial charge in [-0.25, -0.2) is 0 Å². The van der Waals surface area contributed by atoms with Crippen LogP contribution in [-0.2, 0) is 6.54 Å². The predicted molar refractivity (Wildman–Crippen MR) is 124 cm³/mol. The van der Waals surface area contributed by atoms with E-state index >= 15 is 0 Å². The molecule has 1 aliphatic rings. The zero-order valence-electron chi connectivity index (χ0n) is 17.9. The number of likely N-dealkylation sites (tertiary alicyclic amines) is 1. The van der Waals surface area contributed by atoms with Crippen molar-refractivity contribution in [3.63, 3.8) is 0 Å². The lowest BCUT2D eigenvalue weighted by Gasteiger charge is -2.32. The number of nitrogens with one attached hydrogen (secondary N) is 1. The van der Waals surface area contributed by atoms with E-state index in [1.165, 1.54) is 5.56 Å². The number of carbonyl (C=O) groups excluding carboxylic acids is 2. The number of nitrogens with zero attached hydrogens (tertiary/aromatic N) is 1. The minimum atomic E-state index is -0.0360. The molecule has 0 bridgehead atoms. The van der Waals surface area contributed by atoms with Gasteiger partial charge in [0.25, 0.3) is 5.91 Å². The second-order valence-electron chi connectivity index (χ2n) is 8.23. The van der Waals surface area contributed by atoms with E-state index in [1.807, 2.05) is 54.6 Å². The molecule has 1 heterocycles. The highest BCUT2D eigenvalue weighted by Gasteiger charge is 2.21. The Kier molecular flexibility index (Phi) is 6.58. The lowest BCUT2D eigenvalue weighted by atomic mass is 9.99. The molecule has 4 heteroatoms. The summed E-state index contributed by atoms with van der Waals surface area (Å²) in [4.78, 5) is 27.0. The van der Waals surface area contributed by atoms with Gasteiger partial charge in [0.15, 0.2) is 5.78 Å². The van der Waals surface area contributed by atoms with Crippen LogP contribution >= 0.6 is 0 Å². The van der Waals surface area contributed by atoms with Crippen molar-refractivity contribution < 1.29 is 9.59 Å². The predicted octanol–water partition coefficient (Wildman–Crippen LogP) is 4.95. The van der Waals surface area contributed by atoms with Gasteiger partial charge in [0.2, 0.25) is 0 Å². The van der Waals surface area contributed by atoms with Gasteiger partial charge in [-0.15, -0.1) is 0 Å². The molecular formula is C27H28N2O2. The number of benzene rings is 3. The van der Waals surface area contributed by atoms with Crippen LogP contribution in [0.5, 0.6) is 0 Å². The van der Waals surface area contributed by atoms with Crippen molar-refractivity contribution in [1.82, 2.24) is 10.2 Å². The molecule has 0 radical (unpaired) electrons. The van der Waals surface area contributed by atoms with Gasteiger partial charge in [-0.3, -0.25) is 14.5 Å². The van der Waals surface area contributed by atoms with Crippen LogP contribution < -0.4 is 5.32 Å². The summed E-state index contributed by atoms with van der Waals surface area (Å²) in [7, 11) is 0. The van der Waals surface area contributed by atoms with Crippen molar-refractivity contribution in [1.29, 1.82) is 0 Å². The Morgan fingerprint density at radius 3 is 2.10 bits per heavy atom. The summed E-state index contributed by atoms with van der Waals surface area (Å²) >= 11 is 0. The smallest absolute Gasteiger partial charge is 0.251 e. The van der Waals surface area contributed by atoms with E-state index in [0.29, 0.717) is 11.1 Å². The Labute approximate surface area is 183 Å². The molecular weight excluding hydrogens is 384 g/mol. The molecule has 0 aliphatic carbocycles. The summed E-state index contributed by atoms with van der Waals surface area (Å²) in [6, 6.07) is 25.9. The first kappa shape index (κ1) is 21.0. The molecule has 0 spiro atoms. The first-order valence-electron chi connectivity index (χ1n) is 10.9. The quantitative estimate of drug-likeness (QED) is 0.583. The molecule has 0 unspecified atom stereocenters. The number of ketones is 1. The summed E-state index contributed by atoms with van der Waals surface area (Å²) in [6.07, 6.45) is 1.91. The topological polar surface area (TPSA) is 49.4 Å². The molecule has 0 saturated carbocycles. The fraction of sp³-hybridized carbons (Fsp3) is 0.259. The first-order valence-corrected chi connectivity index (χ1v) is 10.9. The minimum absolute atomic E-state index is 0.0360. The van der Waals surface area contributed by atoms with Crippen molar-refractivity contribution in [2.75, 3.05) is 13.1 Å². The summed E-state index contributed by atoms with van der Waals surface area (Å²) in [5, 5.41) is 3.21. The summed E-state index contributed by atoms with van der Waals surface area (Å²) in [6.45, 7) is 4.49. The van der Waals surface area contributed by atoms with Crippen molar-refractivity contribution in [2.24, 2.45) is 0 Å². The maximum atomic E-state index is 12.9. The van der Waals surface area contributed by atoms with Gasteiger partial charge in [-0.05, 0) is 54.7 Å². The highest BCUT2D eigenvalue weighted by Crippen LogP contribution is 2.22. The second kappa shape index (κ2) is 9.71. The van der Waals surface area contributed by atoms with Crippen molar-refractivity contribution in [2.45, 2.75) is 32.4 Å². The van der Waals surface area contributed by atoms with E-state index in [4.69, 9.17) is 0 Å². The van der Waals surface area contributed by atoms with Gasteiger partial charge < -0.3 is 5.32 Å². The lowest BCUT2D eigenvalue weighted by Crippen LogP contribution is -2.44. The van der Waals surface area contributed by atoms with Crippen molar-refractivity contribution >= 4 is 11.7 Å². The van der Waals surface area contributed by atoms with Crippen LogP contribution in [0.1, 0.15) is 46.0 Å². The largest absolute Gasteiger partial charge is 0.349 e. The van der Waals surface area contributed by atoms with E-state index < -0.39 is 0 Å². The first-order chi connectivity index (χ1) is 15.1. The van der Waals surface area contributed by atoms with E-state index in [1.54, 1.807) is 6.92 Å². The summed E-state index contributed by atoms with van der Waals surface area (Å²) in [5.41, 5.74) is 4.53. The highest BCUT2D eigenvalue weighted by molar-refractivity contribution is 5.97. The fourth-order valence-corrected chi connectivity index (χ4v) is 4.10. The third kappa shape index (κ3) is 5.47. The van der Waals surface area contributed by atoms with Crippen LogP contribution in [0.15, 0.2) is 78.9 Å². The molecule has 158 valence electrons. The molecule has 1 fully saturated rings. The number of piperidine rings is 1. The number of hydrogen-bond acceptors (Lipinski definition) is 3. The average molecular weight is 413 g/mol. The number of carbonyl (C=O) groups is 2. The van der Waals surface area contributed by atoms with Crippen LogP contribution in [0.4, 0.5) is 0 Å². The molecule has 1 saturated heterocycles. The number of hydrogen-bond donors (Lipinski definition) is 1. The Hall–Kier alpha value is -3.24. The van der Waals surface area contributed by atoms with Gasteiger partial charge in [0, 0.05) is 36.8 Å². The molecule has 0 aromatic heterocycles. The molecule has 4 nitrogen and oxygen atoms in total. The SMILES string of the molecule is CC(=O)c1cccc(-c2cccc(C(=O)NC3CCN(Cc4ccccc4)CC3)c2)c1. The lowest BCUT2D eigenvalue weighted by molar-refractivity contribution is 0.0908. The number of Topliss-reactive ketones (excluding diaryl/α,β-unsaturated/α-hetero) is 1. The van der Waals surface area contributed by atoms with Gasteiger partial charge in [-0.2, -0.15) is 0 Å². The normalized spacial score (nSPS) is 14.9. The third-order valence-corrected chi connectivity index (χ3v) is 5.90. The maximum absolute atomic E-state index is 12.9. The zero-order chi connectivity index (χ0) is 21.6. The van der Waals surface area contributed by atoms with Crippen LogP contribution in [-0.4, -0.2) is 35.7 Å². The monoisotopic (exact) mass is 412 g/mol. The van der Waals surface area contributed by atoms with Crippen LogP contribution in [0.2, 0.25) is 0 Å². The molecule has 0 atom stereocenters. The van der Waals surface area contributed by atoms with Crippen molar-refractivity contribution in [3.05, 3.63) is 95.6 Å². The summed E-state index contributed by atoms with van der Waals surface area (Å²) < 4.78 is 0. The number of amides is 1. The molecule has 3 aromatic carbocycles. The van der Waals surface area contributed by atoms with Crippen LogP contribution in [0.25, 0.3) is 11.1 Å². The minimum Gasteiger partial charge on any atom is -0.349 e. The maximum Gasteiger partial charge on any atom is 0.251 e. The van der Waals surface area contributed by atoms with Gasteiger partial charge in [-0.1, -0.05) is 60.7 Å². The standard InChI is InChI=1S/C27H28N2O2/c1-20(30)22-9-5-10-23(17-22)24-11-6-12-25(18-24)27(31)28-26-13-15-29(16-14-26)19-21-7-3-2-4-8-21/h2-12,17-18,26H,13-16,19H2,1H3,(H,28,31). The van der Waals surface area contributed by atoms with Crippen molar-refractivity contribution in [3.8, 4) is 11.1 Å². The highest BCUT2D eigenvalue weighted by atomic mass is 16.1. The van der Waals surface area contributed by atoms with Crippen LogP contribution in [0, 0.1) is 0 Å². The van der Waals surface area contributed by atoms with Gasteiger partial charge >= 0.3 is 0 Å². The average Bonchev–Trinajstić information content (AvgIpc) is 2.81. The number of rotatable bonds is 6. The van der Waals surface area contributed by atoms with Gasteiger partial charge in [0.1, 0.15) is 0 Å². The Bertz CT molecular complexity index is 1050. The Morgan fingerprint density at radius 2 is 1.45 bits per heavy atom. The fourth-order valence-electron chi connectivity index (χ4n) is 4.10. The van der Waals surface area contributed by atoms with Gasteiger partial charge in [0.05, 0.1) is 0 Å². The molecule has 4 rings (SSSR count).